The lowest BCUT2D eigenvalue weighted by molar-refractivity contribution is -0.131. The Bertz CT molecular complexity index is 1070. The van der Waals surface area contributed by atoms with Crippen molar-refractivity contribution in [2.24, 2.45) is 5.73 Å². The van der Waals surface area contributed by atoms with Crippen LogP contribution in [0.15, 0.2) is 48.8 Å². The second-order valence-electron chi connectivity index (χ2n) is 7.07. The molecule has 2 aromatic carbocycles. The zero-order valence-corrected chi connectivity index (χ0v) is 16.4. The van der Waals surface area contributed by atoms with Gasteiger partial charge in [0.1, 0.15) is 17.7 Å². The van der Waals surface area contributed by atoms with Crippen LogP contribution in [0.4, 0.5) is 19.4 Å². The number of primary amides is 1. The second-order valence-corrected chi connectivity index (χ2v) is 7.51. The quantitative estimate of drug-likeness (QED) is 0.613. The topological polar surface area (TPSA) is 93.4 Å². The number of carbonyl (C=O) groups is 1. The third kappa shape index (κ3) is 4.42. The van der Waals surface area contributed by atoms with Crippen LogP contribution >= 0.6 is 11.6 Å². The summed E-state index contributed by atoms with van der Waals surface area (Å²) in [5.41, 5.74) is 6.39. The van der Waals surface area contributed by atoms with Crippen molar-refractivity contribution in [3.05, 3.63) is 59.4 Å². The van der Waals surface area contributed by atoms with Gasteiger partial charge in [-0.15, -0.1) is 0 Å². The molecule has 7 nitrogen and oxygen atoms in total. The van der Waals surface area contributed by atoms with Gasteiger partial charge >= 0.3 is 6.09 Å². The summed E-state index contributed by atoms with van der Waals surface area (Å²) < 4.78 is 31.7. The number of rotatable bonds is 6. The summed E-state index contributed by atoms with van der Waals surface area (Å²) in [7, 11) is 0. The molecule has 1 aliphatic heterocycles. The number of para-hydroxylation sites is 1. The van der Waals surface area contributed by atoms with Crippen LogP contribution in [-0.2, 0) is 0 Å². The monoisotopic (exact) mass is 433 g/mol. The maximum Gasteiger partial charge on any atom is 0.410 e. The third-order valence-corrected chi connectivity index (χ3v) is 5.02. The number of fused-ring (bicyclic) bond motifs is 1. The van der Waals surface area contributed by atoms with E-state index in [1.54, 1.807) is 35.2 Å². The highest BCUT2D eigenvalue weighted by atomic mass is 35.5. The summed E-state index contributed by atoms with van der Waals surface area (Å²) in [6.07, 6.45) is 0.378. The molecule has 0 aliphatic carbocycles. The van der Waals surface area contributed by atoms with Gasteiger partial charge in [-0.05, 0) is 29.8 Å². The van der Waals surface area contributed by atoms with Gasteiger partial charge in [0.25, 0.3) is 5.92 Å². The average Bonchev–Trinajstić information content (AvgIpc) is 2.67. The lowest BCUT2D eigenvalue weighted by Crippen LogP contribution is -2.57. The van der Waals surface area contributed by atoms with Crippen molar-refractivity contribution in [3.8, 4) is 5.75 Å². The smallest absolute Gasteiger partial charge is 0.408 e. The lowest BCUT2D eigenvalue weighted by Gasteiger charge is -2.40. The number of nitrogens with zero attached hydrogens (tertiary/aromatic N) is 3. The number of halogens is 3. The summed E-state index contributed by atoms with van der Waals surface area (Å²) in [4.78, 5) is 21.3. The minimum absolute atomic E-state index is 0.205. The van der Waals surface area contributed by atoms with Crippen LogP contribution in [0.3, 0.4) is 0 Å². The number of hydrogen-bond acceptors (Lipinski definition) is 6. The summed E-state index contributed by atoms with van der Waals surface area (Å²) in [6.45, 7) is -0.236. The Labute approximate surface area is 175 Å². The molecule has 0 spiro atoms. The first-order valence-corrected chi connectivity index (χ1v) is 9.52. The molecule has 0 radical (unpaired) electrons. The number of aromatic nitrogens is 2. The fourth-order valence-corrected chi connectivity index (χ4v) is 3.58. The number of benzene rings is 2. The number of carbonyl (C=O) groups excluding carboxylic acids is 1. The summed E-state index contributed by atoms with van der Waals surface area (Å²) in [6, 6.07) is 11.8. The number of likely N-dealkylation sites (tertiary alicyclic amines) is 1. The van der Waals surface area contributed by atoms with Gasteiger partial charge in [0.05, 0.1) is 19.1 Å². The van der Waals surface area contributed by atoms with Gasteiger partial charge in [0.15, 0.2) is 5.75 Å². The van der Waals surface area contributed by atoms with Gasteiger partial charge in [-0.25, -0.2) is 23.5 Å². The van der Waals surface area contributed by atoms with Gasteiger partial charge in [-0.2, -0.15) is 0 Å². The summed E-state index contributed by atoms with van der Waals surface area (Å²) >= 11 is 5.99. The first-order chi connectivity index (χ1) is 14.3. The molecule has 1 aromatic heterocycles. The molecule has 1 amide bonds. The number of nitrogens with two attached hydrogens (primary N) is 1. The number of alkyl halides is 2. The number of nitrogens with one attached hydrogen (secondary N) is 1. The molecule has 0 bridgehead atoms. The fourth-order valence-electron chi connectivity index (χ4n) is 3.46. The van der Waals surface area contributed by atoms with Gasteiger partial charge in [-0.3, -0.25) is 4.90 Å². The standard InChI is InChI=1S/C20H18ClF2N5O2/c21-13-6-4-12(5-7-13)15(8-28-9-20(22,23)10-28)27-18-14-2-1-3-16(30-19(24)29)17(14)25-11-26-18/h1-7,11,15H,8-10H2,(H2,24,29)(H,25,26,27)/t15-/m1/s1. The van der Waals surface area contributed by atoms with E-state index in [-0.39, 0.29) is 24.9 Å². The van der Waals surface area contributed by atoms with Gasteiger partial charge in [0.2, 0.25) is 0 Å². The number of hydrogen-bond donors (Lipinski definition) is 2. The third-order valence-electron chi connectivity index (χ3n) is 4.77. The van der Waals surface area contributed by atoms with Crippen molar-refractivity contribution in [1.29, 1.82) is 0 Å². The van der Waals surface area contributed by atoms with Crippen LogP contribution in [-0.4, -0.2) is 46.5 Å². The van der Waals surface area contributed by atoms with E-state index >= 15 is 0 Å². The van der Waals surface area contributed by atoms with Crippen molar-refractivity contribution < 1.29 is 18.3 Å². The Kier molecular flexibility index (Phi) is 5.40. The van der Waals surface area contributed by atoms with E-state index in [9.17, 15) is 13.6 Å². The van der Waals surface area contributed by atoms with E-state index in [4.69, 9.17) is 22.1 Å². The van der Waals surface area contributed by atoms with E-state index in [0.717, 1.165) is 5.56 Å². The van der Waals surface area contributed by atoms with Crippen LogP contribution in [0.1, 0.15) is 11.6 Å². The van der Waals surface area contributed by atoms with Gasteiger partial charge in [-0.1, -0.05) is 29.8 Å². The van der Waals surface area contributed by atoms with Crippen molar-refractivity contribution in [2.45, 2.75) is 12.0 Å². The van der Waals surface area contributed by atoms with E-state index in [1.165, 1.54) is 6.33 Å². The van der Waals surface area contributed by atoms with Gasteiger partial charge in [0, 0.05) is 17.0 Å². The molecule has 3 aromatic rings. The van der Waals surface area contributed by atoms with Gasteiger partial charge < -0.3 is 15.8 Å². The Morgan fingerprint density at radius 3 is 2.63 bits per heavy atom. The summed E-state index contributed by atoms with van der Waals surface area (Å²) in [5, 5.41) is 4.49. The van der Waals surface area contributed by atoms with Crippen LogP contribution in [0, 0.1) is 0 Å². The van der Waals surface area contributed by atoms with E-state index in [0.29, 0.717) is 28.3 Å². The highest BCUT2D eigenvalue weighted by Gasteiger charge is 2.44. The van der Waals surface area contributed by atoms with Crippen molar-refractivity contribution in [2.75, 3.05) is 25.0 Å². The predicted octanol–water partition coefficient (Wildman–Crippen LogP) is 3.84. The van der Waals surface area contributed by atoms with Crippen molar-refractivity contribution in [3.63, 3.8) is 0 Å². The molecule has 156 valence electrons. The first-order valence-electron chi connectivity index (χ1n) is 9.14. The molecule has 4 rings (SSSR count). The molecule has 1 aliphatic rings. The first kappa shape index (κ1) is 20.2. The van der Waals surface area contributed by atoms with Crippen LogP contribution < -0.4 is 15.8 Å². The Balaban J connectivity index is 1.66. The highest BCUT2D eigenvalue weighted by Crippen LogP contribution is 2.33. The molecule has 1 atom stereocenters. The predicted molar refractivity (Wildman–Crippen MR) is 109 cm³/mol. The van der Waals surface area contributed by atoms with Crippen LogP contribution in [0.5, 0.6) is 5.75 Å². The number of ether oxygens (including phenoxy) is 1. The molecule has 30 heavy (non-hydrogen) atoms. The normalized spacial score (nSPS) is 16.6. The molecule has 10 heteroatoms. The molecule has 3 N–H and O–H groups in total. The number of amides is 1. The van der Waals surface area contributed by atoms with Crippen LogP contribution in [0.25, 0.3) is 10.9 Å². The zero-order chi connectivity index (χ0) is 21.3. The molecular formula is C20H18ClF2N5O2. The van der Waals surface area contributed by atoms with E-state index in [1.807, 2.05) is 12.1 Å². The Hall–Kier alpha value is -3.04. The Morgan fingerprint density at radius 1 is 1.23 bits per heavy atom. The van der Waals surface area contributed by atoms with E-state index in [2.05, 4.69) is 15.3 Å². The molecule has 0 unspecified atom stereocenters. The summed E-state index contributed by atoms with van der Waals surface area (Å²) in [5.74, 6) is -1.98. The average molecular weight is 434 g/mol. The highest BCUT2D eigenvalue weighted by molar-refractivity contribution is 6.30. The van der Waals surface area contributed by atoms with Crippen molar-refractivity contribution >= 4 is 34.4 Å². The SMILES string of the molecule is NC(=O)Oc1cccc2c(N[C@H](CN3CC(F)(F)C3)c3ccc(Cl)cc3)ncnc12. The molecular weight excluding hydrogens is 416 g/mol. The molecule has 0 saturated carbocycles. The lowest BCUT2D eigenvalue weighted by atomic mass is 10.0. The maximum absolute atomic E-state index is 13.3. The largest absolute Gasteiger partial charge is 0.410 e. The fraction of sp³-hybridized carbons (Fsp3) is 0.250. The zero-order valence-electron chi connectivity index (χ0n) is 15.7. The maximum atomic E-state index is 13.3. The minimum Gasteiger partial charge on any atom is -0.408 e. The molecule has 1 saturated heterocycles. The second kappa shape index (κ2) is 8.00. The molecule has 2 heterocycles. The number of anilines is 1. The minimum atomic E-state index is -2.66. The van der Waals surface area contributed by atoms with E-state index < -0.39 is 12.0 Å². The van der Waals surface area contributed by atoms with Crippen molar-refractivity contribution in [1.82, 2.24) is 14.9 Å². The molecule has 1 fully saturated rings. The van der Waals surface area contributed by atoms with Crippen LogP contribution in [0.2, 0.25) is 5.02 Å². The Morgan fingerprint density at radius 2 is 1.97 bits per heavy atom.